The van der Waals surface area contributed by atoms with Crippen LogP contribution >= 0.6 is 0 Å². The maximum atomic E-state index is 12.2. The van der Waals surface area contributed by atoms with Crippen molar-refractivity contribution in [1.82, 2.24) is 4.98 Å². The molecule has 0 aliphatic heterocycles. The van der Waals surface area contributed by atoms with E-state index in [-0.39, 0.29) is 13.0 Å². The molecule has 0 aromatic carbocycles. The molecule has 0 saturated carbocycles. The molecule has 0 radical (unpaired) electrons. The van der Waals surface area contributed by atoms with E-state index in [1.807, 2.05) is 0 Å². The van der Waals surface area contributed by atoms with Gasteiger partial charge in [0.15, 0.2) is 0 Å². The lowest BCUT2D eigenvalue weighted by molar-refractivity contribution is -0.137. The number of anilines is 1. The first kappa shape index (κ1) is 15.9. The molecule has 6 nitrogen and oxygen atoms in total. The molecule has 1 rings (SSSR count). The van der Waals surface area contributed by atoms with Crippen molar-refractivity contribution < 1.29 is 19.4 Å². The number of aliphatic carboxylic acids is 1. The van der Waals surface area contributed by atoms with E-state index in [2.05, 4.69) is 4.98 Å². The molecule has 0 aliphatic rings. The zero-order valence-electron chi connectivity index (χ0n) is 12.0. The van der Waals surface area contributed by atoms with E-state index < -0.39 is 17.7 Å². The number of carbonyl (C=O) groups is 2. The van der Waals surface area contributed by atoms with Crippen molar-refractivity contribution in [3.05, 3.63) is 24.4 Å². The first-order valence-corrected chi connectivity index (χ1v) is 6.43. The average Bonchev–Trinajstić information content (AvgIpc) is 2.33. The van der Waals surface area contributed by atoms with Crippen molar-refractivity contribution in [3.63, 3.8) is 0 Å². The third-order valence-electron chi connectivity index (χ3n) is 2.31. The summed E-state index contributed by atoms with van der Waals surface area (Å²) < 4.78 is 5.31. The second-order valence-corrected chi connectivity index (χ2v) is 5.32. The van der Waals surface area contributed by atoms with Gasteiger partial charge in [0.2, 0.25) is 0 Å². The molecule has 1 heterocycles. The molecule has 1 N–H and O–H groups in total. The summed E-state index contributed by atoms with van der Waals surface area (Å²) in [4.78, 5) is 28.2. The highest BCUT2D eigenvalue weighted by molar-refractivity contribution is 5.86. The Morgan fingerprint density at radius 1 is 1.35 bits per heavy atom. The van der Waals surface area contributed by atoms with Crippen LogP contribution in [0.4, 0.5) is 10.6 Å². The van der Waals surface area contributed by atoms with E-state index in [4.69, 9.17) is 9.84 Å². The highest BCUT2D eigenvalue weighted by Gasteiger charge is 2.23. The predicted octanol–water partition coefficient (Wildman–Crippen LogP) is 2.69. The quantitative estimate of drug-likeness (QED) is 0.897. The molecule has 0 unspecified atom stereocenters. The van der Waals surface area contributed by atoms with E-state index in [9.17, 15) is 9.59 Å². The lowest BCUT2D eigenvalue weighted by Crippen LogP contribution is -2.38. The van der Waals surface area contributed by atoms with Crippen LogP contribution in [0.3, 0.4) is 0 Å². The van der Waals surface area contributed by atoms with Crippen molar-refractivity contribution in [2.75, 3.05) is 11.4 Å². The minimum absolute atomic E-state index is 0.00781. The molecule has 1 amide bonds. The van der Waals surface area contributed by atoms with Gasteiger partial charge in [0.05, 0.1) is 0 Å². The molecule has 20 heavy (non-hydrogen) atoms. The van der Waals surface area contributed by atoms with Crippen molar-refractivity contribution in [3.8, 4) is 0 Å². The van der Waals surface area contributed by atoms with Crippen molar-refractivity contribution >= 4 is 17.9 Å². The van der Waals surface area contributed by atoms with Crippen LogP contribution < -0.4 is 4.90 Å². The van der Waals surface area contributed by atoms with Gasteiger partial charge in [-0.1, -0.05) is 6.07 Å². The minimum Gasteiger partial charge on any atom is -0.481 e. The molecule has 0 saturated heterocycles. The van der Waals surface area contributed by atoms with Gasteiger partial charge in [0.1, 0.15) is 11.4 Å². The number of nitrogens with zero attached hydrogens (tertiary/aromatic N) is 2. The number of hydrogen-bond donors (Lipinski definition) is 1. The van der Waals surface area contributed by atoms with Gasteiger partial charge in [0, 0.05) is 19.2 Å². The van der Waals surface area contributed by atoms with Crippen molar-refractivity contribution in [2.24, 2.45) is 0 Å². The number of hydrogen-bond acceptors (Lipinski definition) is 4. The minimum atomic E-state index is -0.893. The van der Waals surface area contributed by atoms with E-state index in [0.717, 1.165) is 0 Å². The SMILES string of the molecule is CC(C)(C)OC(=O)N(CCCC(=O)O)c1ccccn1. The molecule has 0 atom stereocenters. The van der Waals surface area contributed by atoms with Crippen LogP contribution in [0.25, 0.3) is 0 Å². The monoisotopic (exact) mass is 280 g/mol. The number of carboxylic acid groups (broad SMARTS) is 1. The largest absolute Gasteiger partial charge is 0.481 e. The first-order valence-electron chi connectivity index (χ1n) is 6.43. The Morgan fingerprint density at radius 2 is 2.05 bits per heavy atom. The van der Waals surface area contributed by atoms with Crippen LogP contribution in [0.5, 0.6) is 0 Å². The second kappa shape index (κ2) is 6.88. The summed E-state index contributed by atoms with van der Waals surface area (Å²) in [5.74, 6) is -0.442. The molecule has 0 aliphatic carbocycles. The third kappa shape index (κ3) is 5.69. The van der Waals surface area contributed by atoms with Gasteiger partial charge in [-0.15, -0.1) is 0 Å². The van der Waals surface area contributed by atoms with Crippen LogP contribution in [-0.4, -0.2) is 34.3 Å². The highest BCUT2D eigenvalue weighted by atomic mass is 16.6. The lowest BCUT2D eigenvalue weighted by atomic mass is 10.2. The second-order valence-electron chi connectivity index (χ2n) is 5.32. The maximum absolute atomic E-state index is 12.2. The fraction of sp³-hybridized carbons (Fsp3) is 0.500. The zero-order valence-corrected chi connectivity index (χ0v) is 12.0. The molecule has 1 aromatic heterocycles. The number of carbonyl (C=O) groups excluding carboxylic acids is 1. The highest BCUT2D eigenvalue weighted by Crippen LogP contribution is 2.16. The Bertz CT molecular complexity index is 454. The Labute approximate surface area is 118 Å². The number of pyridine rings is 1. The van der Waals surface area contributed by atoms with Crippen molar-refractivity contribution in [1.29, 1.82) is 0 Å². The summed E-state index contributed by atoms with van der Waals surface area (Å²) in [7, 11) is 0. The average molecular weight is 280 g/mol. The normalized spacial score (nSPS) is 10.9. The zero-order chi connectivity index (χ0) is 15.2. The van der Waals surface area contributed by atoms with Crippen LogP contribution in [-0.2, 0) is 9.53 Å². The van der Waals surface area contributed by atoms with E-state index in [1.165, 1.54) is 4.90 Å². The van der Waals surface area contributed by atoms with Crippen LogP contribution in [0, 0.1) is 0 Å². The maximum Gasteiger partial charge on any atom is 0.416 e. The van der Waals surface area contributed by atoms with Gasteiger partial charge in [-0.2, -0.15) is 0 Å². The molecule has 0 spiro atoms. The first-order chi connectivity index (χ1) is 9.29. The van der Waals surface area contributed by atoms with Crippen molar-refractivity contribution in [2.45, 2.75) is 39.2 Å². The third-order valence-corrected chi connectivity index (χ3v) is 2.31. The topological polar surface area (TPSA) is 79.7 Å². The van der Waals surface area contributed by atoms with Crippen LogP contribution in [0.2, 0.25) is 0 Å². The molecule has 110 valence electrons. The summed E-state index contributed by atoms with van der Waals surface area (Å²) in [6.45, 7) is 5.58. The predicted molar refractivity (Wildman–Crippen MR) is 74.7 cm³/mol. The van der Waals surface area contributed by atoms with Gasteiger partial charge < -0.3 is 9.84 Å². The number of carboxylic acids is 1. The Kier molecular flexibility index (Phi) is 5.49. The van der Waals surface area contributed by atoms with Gasteiger partial charge >= 0.3 is 12.1 Å². The summed E-state index contributed by atoms with van der Waals surface area (Å²) in [5.41, 5.74) is -0.614. The van der Waals surface area contributed by atoms with Crippen LogP contribution in [0.15, 0.2) is 24.4 Å². The Morgan fingerprint density at radius 3 is 2.55 bits per heavy atom. The summed E-state index contributed by atoms with van der Waals surface area (Å²) >= 11 is 0. The molecule has 0 fully saturated rings. The molecule has 1 aromatic rings. The Hall–Kier alpha value is -2.11. The molecule has 0 bridgehead atoms. The Balaban J connectivity index is 2.79. The number of amides is 1. The lowest BCUT2D eigenvalue weighted by Gasteiger charge is -2.26. The van der Waals surface area contributed by atoms with E-state index in [0.29, 0.717) is 12.2 Å². The van der Waals surface area contributed by atoms with E-state index in [1.54, 1.807) is 45.2 Å². The summed E-state index contributed by atoms with van der Waals surface area (Å²) in [6.07, 6.45) is 1.38. The van der Waals surface area contributed by atoms with Gasteiger partial charge in [-0.3, -0.25) is 9.69 Å². The summed E-state index contributed by atoms with van der Waals surface area (Å²) in [5, 5.41) is 8.67. The molecular weight excluding hydrogens is 260 g/mol. The molecular formula is C14H20N2O4. The van der Waals surface area contributed by atoms with Crippen LogP contribution in [0.1, 0.15) is 33.6 Å². The van der Waals surface area contributed by atoms with Gasteiger partial charge in [-0.05, 0) is 39.3 Å². The summed E-state index contributed by atoms with van der Waals surface area (Å²) in [6, 6.07) is 5.19. The van der Waals surface area contributed by atoms with Gasteiger partial charge in [-0.25, -0.2) is 9.78 Å². The smallest absolute Gasteiger partial charge is 0.416 e. The number of aromatic nitrogens is 1. The fourth-order valence-electron chi connectivity index (χ4n) is 1.52. The van der Waals surface area contributed by atoms with Gasteiger partial charge in [0.25, 0.3) is 0 Å². The standard InChI is InChI=1S/C14H20N2O4/c1-14(2,3)20-13(19)16(10-6-8-12(17)18)11-7-4-5-9-15-11/h4-5,7,9H,6,8,10H2,1-3H3,(H,17,18). The van der Waals surface area contributed by atoms with E-state index >= 15 is 0 Å². The number of ether oxygens (including phenoxy) is 1. The number of rotatable bonds is 5. The molecule has 6 heteroatoms. The fourth-order valence-corrected chi connectivity index (χ4v) is 1.52.